The van der Waals surface area contributed by atoms with E-state index in [1.165, 1.54) is 29.5 Å². The smallest absolute Gasteiger partial charge is 0.123 e. The Kier molecular flexibility index (Phi) is 5.23. The molecule has 2 rings (SSSR count). The van der Waals surface area contributed by atoms with Crippen LogP contribution in [-0.4, -0.2) is 3.53 Å². The molecule has 0 aliphatic rings. The summed E-state index contributed by atoms with van der Waals surface area (Å²) in [5.41, 5.74) is 1.25. The first-order chi connectivity index (χ1) is 8.74. The molecular weight excluding hydrogens is 283 g/mol. The molecule has 0 aromatic heterocycles. The Morgan fingerprint density at radius 3 is 2.33 bits per heavy atom. The van der Waals surface area contributed by atoms with Gasteiger partial charge in [0.25, 0.3) is 0 Å². The third-order valence-corrected chi connectivity index (χ3v) is 4.81. The van der Waals surface area contributed by atoms with Gasteiger partial charge in [-0.15, -0.1) is 11.8 Å². The number of thioether (sulfide) groups is 2. The zero-order valence-corrected chi connectivity index (χ0v) is 12.0. The summed E-state index contributed by atoms with van der Waals surface area (Å²) in [5.74, 6) is 0.649. The van der Waals surface area contributed by atoms with Crippen molar-refractivity contribution in [1.29, 1.82) is 0 Å². The predicted octanol–water partition coefficient (Wildman–Crippen LogP) is 5.14. The molecule has 0 aliphatic heterocycles. The second-order valence-electron chi connectivity index (χ2n) is 3.58. The highest BCUT2D eigenvalue weighted by Gasteiger charge is 2.02. The van der Waals surface area contributed by atoms with Crippen molar-refractivity contribution in [2.24, 2.45) is 0 Å². The van der Waals surface area contributed by atoms with Crippen LogP contribution in [0, 0.1) is 5.82 Å². The molecule has 0 amide bonds. The molecule has 0 heterocycles. The predicted molar refractivity (Wildman–Crippen MR) is 82.6 cm³/mol. The van der Waals surface area contributed by atoms with Gasteiger partial charge in [-0.3, -0.25) is 0 Å². The summed E-state index contributed by atoms with van der Waals surface area (Å²) in [6.45, 7) is 0. The third kappa shape index (κ3) is 4.44. The zero-order chi connectivity index (χ0) is 12.8. The van der Waals surface area contributed by atoms with Crippen LogP contribution in [0.15, 0.2) is 59.5 Å². The molecule has 0 saturated heterocycles. The van der Waals surface area contributed by atoms with Crippen molar-refractivity contribution in [2.75, 3.05) is 0 Å². The SMILES string of the molecule is Fc1ccc(SC(=S)SCc2ccccc2)cc1. The molecule has 18 heavy (non-hydrogen) atoms. The lowest BCUT2D eigenvalue weighted by molar-refractivity contribution is 0.626. The van der Waals surface area contributed by atoms with E-state index >= 15 is 0 Å². The van der Waals surface area contributed by atoms with Crippen LogP contribution in [0.2, 0.25) is 0 Å². The van der Waals surface area contributed by atoms with Gasteiger partial charge in [0, 0.05) is 10.6 Å². The monoisotopic (exact) mass is 294 g/mol. The van der Waals surface area contributed by atoms with Crippen molar-refractivity contribution in [2.45, 2.75) is 10.6 Å². The number of benzene rings is 2. The molecule has 4 heteroatoms. The fourth-order valence-electron chi connectivity index (χ4n) is 1.34. The Bertz CT molecular complexity index is 508. The van der Waals surface area contributed by atoms with Crippen LogP contribution in [0.4, 0.5) is 4.39 Å². The van der Waals surface area contributed by atoms with E-state index in [0.717, 1.165) is 14.2 Å². The van der Waals surface area contributed by atoms with E-state index in [4.69, 9.17) is 12.2 Å². The maximum Gasteiger partial charge on any atom is 0.123 e. The molecule has 0 saturated carbocycles. The molecule has 92 valence electrons. The maximum absolute atomic E-state index is 12.7. The van der Waals surface area contributed by atoms with Gasteiger partial charge in [0.15, 0.2) is 0 Å². The molecule has 2 aromatic carbocycles. The van der Waals surface area contributed by atoms with Crippen LogP contribution in [0.25, 0.3) is 0 Å². The number of rotatable bonds is 3. The molecule has 0 fully saturated rings. The van der Waals surface area contributed by atoms with E-state index in [1.807, 2.05) is 18.2 Å². The third-order valence-electron chi connectivity index (χ3n) is 2.21. The molecule has 0 spiro atoms. The molecule has 0 bridgehead atoms. The van der Waals surface area contributed by atoms with Gasteiger partial charge in [0.1, 0.15) is 9.35 Å². The van der Waals surface area contributed by atoms with Gasteiger partial charge in [-0.05, 0) is 29.8 Å². The number of halogens is 1. The van der Waals surface area contributed by atoms with E-state index in [2.05, 4.69) is 12.1 Å². The first kappa shape index (κ1) is 13.6. The van der Waals surface area contributed by atoms with Gasteiger partial charge in [-0.2, -0.15) is 0 Å². The van der Waals surface area contributed by atoms with Gasteiger partial charge in [-0.1, -0.05) is 54.3 Å². The van der Waals surface area contributed by atoms with E-state index in [-0.39, 0.29) is 5.82 Å². The Labute approximate surface area is 120 Å². The summed E-state index contributed by atoms with van der Waals surface area (Å²) in [5, 5.41) is 0. The minimum Gasteiger partial charge on any atom is -0.207 e. The van der Waals surface area contributed by atoms with Crippen molar-refractivity contribution < 1.29 is 4.39 Å². The molecule has 2 aromatic rings. The first-order valence-corrected chi connectivity index (χ1v) is 7.59. The highest BCUT2D eigenvalue weighted by atomic mass is 32.2. The summed E-state index contributed by atoms with van der Waals surface area (Å²) < 4.78 is 13.6. The molecular formula is C14H11FS3. The van der Waals surface area contributed by atoms with Crippen LogP contribution >= 0.6 is 35.7 Å². The van der Waals surface area contributed by atoms with E-state index in [9.17, 15) is 4.39 Å². The zero-order valence-electron chi connectivity index (χ0n) is 9.51. The molecule has 0 atom stereocenters. The standard InChI is InChI=1S/C14H11FS3/c15-12-6-8-13(9-7-12)18-14(16)17-10-11-4-2-1-3-5-11/h1-9H,10H2. The lowest BCUT2D eigenvalue weighted by Gasteiger charge is -2.03. The normalized spacial score (nSPS) is 10.3. The maximum atomic E-state index is 12.7. The van der Waals surface area contributed by atoms with Crippen LogP contribution < -0.4 is 0 Å². The second kappa shape index (κ2) is 6.92. The van der Waals surface area contributed by atoms with Gasteiger partial charge in [-0.25, -0.2) is 4.39 Å². The van der Waals surface area contributed by atoms with Gasteiger partial charge >= 0.3 is 0 Å². The van der Waals surface area contributed by atoms with Crippen molar-refractivity contribution in [3.63, 3.8) is 0 Å². The lowest BCUT2D eigenvalue weighted by atomic mass is 10.2. The Morgan fingerprint density at radius 1 is 1.00 bits per heavy atom. The Morgan fingerprint density at radius 2 is 1.67 bits per heavy atom. The summed E-state index contributed by atoms with van der Waals surface area (Å²) in [4.78, 5) is 0.974. The number of hydrogen-bond donors (Lipinski definition) is 0. The fourth-order valence-corrected chi connectivity index (χ4v) is 3.45. The minimum atomic E-state index is -0.220. The number of thiocarbonyl (C=S) groups is 1. The topological polar surface area (TPSA) is 0 Å². The first-order valence-electron chi connectivity index (χ1n) is 5.38. The van der Waals surface area contributed by atoms with Crippen molar-refractivity contribution in [3.05, 3.63) is 66.0 Å². The van der Waals surface area contributed by atoms with Crippen molar-refractivity contribution >= 4 is 39.3 Å². The molecule has 0 N–H and O–H groups in total. The Hall–Kier alpha value is -0.840. The summed E-state index contributed by atoms with van der Waals surface area (Å²) >= 11 is 8.43. The highest BCUT2D eigenvalue weighted by Crippen LogP contribution is 2.28. The molecule has 0 unspecified atom stereocenters. The molecule has 0 nitrogen and oxygen atoms in total. The van der Waals surface area contributed by atoms with Gasteiger partial charge in [0.2, 0.25) is 0 Å². The van der Waals surface area contributed by atoms with Crippen LogP contribution in [-0.2, 0) is 5.75 Å². The van der Waals surface area contributed by atoms with Crippen molar-refractivity contribution in [3.8, 4) is 0 Å². The largest absolute Gasteiger partial charge is 0.207 e. The second-order valence-corrected chi connectivity index (χ2v) is 6.83. The van der Waals surface area contributed by atoms with E-state index in [1.54, 1.807) is 23.9 Å². The minimum absolute atomic E-state index is 0.220. The lowest BCUT2D eigenvalue weighted by Crippen LogP contribution is -1.85. The highest BCUT2D eigenvalue weighted by molar-refractivity contribution is 8.46. The van der Waals surface area contributed by atoms with Gasteiger partial charge in [0.05, 0.1) is 0 Å². The van der Waals surface area contributed by atoms with Crippen LogP contribution in [0.3, 0.4) is 0 Å². The van der Waals surface area contributed by atoms with Crippen LogP contribution in [0.1, 0.15) is 5.56 Å². The summed E-state index contributed by atoms with van der Waals surface area (Å²) in [7, 11) is 0. The fraction of sp³-hybridized carbons (Fsp3) is 0.0714. The van der Waals surface area contributed by atoms with Crippen LogP contribution in [0.5, 0.6) is 0 Å². The molecule has 0 radical (unpaired) electrons. The quantitative estimate of drug-likeness (QED) is 0.568. The van der Waals surface area contributed by atoms with E-state index in [0.29, 0.717) is 0 Å². The average molecular weight is 294 g/mol. The average Bonchev–Trinajstić information content (AvgIpc) is 2.40. The van der Waals surface area contributed by atoms with Gasteiger partial charge < -0.3 is 0 Å². The Balaban J connectivity index is 1.84. The van der Waals surface area contributed by atoms with Crippen molar-refractivity contribution in [1.82, 2.24) is 0 Å². The summed E-state index contributed by atoms with van der Waals surface area (Å²) in [6.07, 6.45) is 0. The summed E-state index contributed by atoms with van der Waals surface area (Å²) in [6, 6.07) is 16.6. The number of hydrogen-bond acceptors (Lipinski definition) is 3. The molecule has 0 aliphatic carbocycles. The van der Waals surface area contributed by atoms with E-state index < -0.39 is 0 Å².